The van der Waals surface area contributed by atoms with E-state index in [1.165, 1.54) is 11.3 Å². The molecule has 0 saturated heterocycles. The molecule has 0 saturated carbocycles. The summed E-state index contributed by atoms with van der Waals surface area (Å²) in [6.45, 7) is 0. The molecule has 31 heavy (non-hydrogen) atoms. The molecule has 0 bridgehead atoms. The standard InChI is InChI=1S/C24H17ClN4OS/c25-19-9-8-16(13-18(19)22-17-6-2-1-5-15(17)10-12-27-22)29-23(30)21-14-28-24(31-21)20-7-3-4-11-26-20/h1-14,20,26H,(H,29,30). The number of nitrogens with one attached hydrogen (secondary N) is 2. The zero-order valence-corrected chi connectivity index (χ0v) is 17.8. The van der Waals surface area contributed by atoms with E-state index in [4.69, 9.17) is 11.6 Å². The summed E-state index contributed by atoms with van der Waals surface area (Å²) in [5, 5.41) is 9.66. The Hall–Kier alpha value is -3.48. The van der Waals surface area contributed by atoms with Crippen LogP contribution < -0.4 is 10.6 Å². The molecule has 4 aromatic rings. The third kappa shape index (κ3) is 3.95. The number of hydrogen-bond donors (Lipinski definition) is 2. The number of rotatable bonds is 4. The Labute approximate surface area is 188 Å². The second-order valence-electron chi connectivity index (χ2n) is 6.98. The van der Waals surface area contributed by atoms with Gasteiger partial charge in [-0.2, -0.15) is 0 Å². The van der Waals surface area contributed by atoms with E-state index >= 15 is 0 Å². The molecular weight excluding hydrogens is 428 g/mol. The predicted molar refractivity (Wildman–Crippen MR) is 126 cm³/mol. The van der Waals surface area contributed by atoms with Crippen LogP contribution in [-0.4, -0.2) is 15.9 Å². The van der Waals surface area contributed by atoms with Gasteiger partial charge in [-0.1, -0.05) is 48.0 Å². The highest BCUT2D eigenvalue weighted by Gasteiger charge is 2.17. The third-order valence-electron chi connectivity index (χ3n) is 4.95. The number of aromatic nitrogens is 2. The molecule has 5 nitrogen and oxygen atoms in total. The van der Waals surface area contributed by atoms with Gasteiger partial charge in [0, 0.05) is 22.8 Å². The second kappa shape index (κ2) is 8.34. The van der Waals surface area contributed by atoms with Crippen molar-refractivity contribution >= 4 is 45.3 Å². The molecule has 3 heterocycles. The van der Waals surface area contributed by atoms with Gasteiger partial charge < -0.3 is 10.6 Å². The van der Waals surface area contributed by atoms with E-state index in [1.54, 1.807) is 24.5 Å². The Morgan fingerprint density at radius 1 is 1.10 bits per heavy atom. The molecule has 1 aliphatic heterocycles. The van der Waals surface area contributed by atoms with Crippen LogP contribution in [0, 0.1) is 0 Å². The average Bonchev–Trinajstić information content (AvgIpc) is 3.31. The van der Waals surface area contributed by atoms with Crippen LogP contribution in [0.3, 0.4) is 0 Å². The summed E-state index contributed by atoms with van der Waals surface area (Å²) in [5.74, 6) is -0.210. The van der Waals surface area contributed by atoms with Crippen LogP contribution in [0.25, 0.3) is 22.0 Å². The van der Waals surface area contributed by atoms with Crippen molar-refractivity contribution in [3.63, 3.8) is 0 Å². The van der Waals surface area contributed by atoms with Crippen LogP contribution in [0.1, 0.15) is 20.7 Å². The number of nitrogens with zero attached hydrogens (tertiary/aromatic N) is 2. The Balaban J connectivity index is 1.42. The number of allylic oxidation sites excluding steroid dienone is 2. The molecule has 2 aromatic carbocycles. The van der Waals surface area contributed by atoms with Crippen molar-refractivity contribution < 1.29 is 4.79 Å². The van der Waals surface area contributed by atoms with Crippen LogP contribution in [0.5, 0.6) is 0 Å². The first-order valence-corrected chi connectivity index (χ1v) is 10.9. The van der Waals surface area contributed by atoms with Gasteiger partial charge in [0.25, 0.3) is 5.91 Å². The van der Waals surface area contributed by atoms with Crippen molar-refractivity contribution in [1.29, 1.82) is 0 Å². The molecule has 1 amide bonds. The van der Waals surface area contributed by atoms with E-state index in [-0.39, 0.29) is 11.9 Å². The first-order valence-electron chi connectivity index (χ1n) is 9.69. The molecule has 7 heteroatoms. The number of pyridine rings is 1. The number of carbonyl (C=O) groups is 1. The van der Waals surface area contributed by atoms with Crippen molar-refractivity contribution in [1.82, 2.24) is 15.3 Å². The summed E-state index contributed by atoms with van der Waals surface area (Å²) in [6, 6.07) is 15.4. The molecule has 2 N–H and O–H groups in total. The molecule has 0 spiro atoms. The zero-order valence-electron chi connectivity index (χ0n) is 16.2. The number of benzene rings is 2. The Morgan fingerprint density at radius 2 is 2.00 bits per heavy atom. The van der Waals surface area contributed by atoms with Crippen LogP contribution in [0.4, 0.5) is 5.69 Å². The summed E-state index contributed by atoms with van der Waals surface area (Å²) in [7, 11) is 0. The average molecular weight is 445 g/mol. The predicted octanol–water partition coefficient (Wildman–Crippen LogP) is 5.98. The highest BCUT2D eigenvalue weighted by atomic mass is 35.5. The fraction of sp³-hybridized carbons (Fsp3) is 0.0417. The minimum atomic E-state index is -0.210. The number of hydrogen-bond acceptors (Lipinski definition) is 5. The van der Waals surface area contributed by atoms with Crippen LogP contribution in [0.15, 0.2) is 85.4 Å². The molecule has 1 aliphatic rings. The second-order valence-corrected chi connectivity index (χ2v) is 8.45. The number of fused-ring (bicyclic) bond motifs is 1. The van der Waals surface area contributed by atoms with Gasteiger partial charge in [0.2, 0.25) is 0 Å². The maximum atomic E-state index is 12.8. The van der Waals surface area contributed by atoms with E-state index in [0.717, 1.165) is 27.0 Å². The third-order valence-corrected chi connectivity index (χ3v) is 6.36. The summed E-state index contributed by atoms with van der Waals surface area (Å²) in [5.41, 5.74) is 2.19. The quantitative estimate of drug-likeness (QED) is 0.406. The number of dihydropyridines is 1. The molecular formula is C24H17ClN4OS. The summed E-state index contributed by atoms with van der Waals surface area (Å²) in [6.07, 6.45) is 11.1. The van der Waals surface area contributed by atoms with E-state index in [9.17, 15) is 4.79 Å². The Morgan fingerprint density at radius 3 is 2.87 bits per heavy atom. The van der Waals surface area contributed by atoms with Gasteiger partial charge in [0.15, 0.2) is 0 Å². The first-order chi connectivity index (χ1) is 15.2. The molecule has 1 unspecified atom stereocenters. The normalized spacial score (nSPS) is 15.1. The number of thiazole rings is 1. The van der Waals surface area contributed by atoms with Gasteiger partial charge in [-0.05, 0) is 41.9 Å². The maximum Gasteiger partial charge on any atom is 0.267 e. The number of carbonyl (C=O) groups excluding carboxylic acids is 1. The number of halogens is 1. The van der Waals surface area contributed by atoms with E-state index in [2.05, 4.69) is 20.6 Å². The lowest BCUT2D eigenvalue weighted by molar-refractivity contribution is 0.103. The smallest absolute Gasteiger partial charge is 0.267 e. The van der Waals surface area contributed by atoms with Crippen molar-refractivity contribution in [3.8, 4) is 11.3 Å². The molecule has 0 aliphatic carbocycles. The van der Waals surface area contributed by atoms with Gasteiger partial charge in [-0.25, -0.2) is 4.98 Å². The largest absolute Gasteiger partial charge is 0.379 e. The van der Waals surface area contributed by atoms with Crippen molar-refractivity contribution in [3.05, 3.63) is 100 Å². The van der Waals surface area contributed by atoms with E-state index in [1.807, 2.05) is 60.8 Å². The van der Waals surface area contributed by atoms with Crippen molar-refractivity contribution in [2.75, 3.05) is 5.32 Å². The van der Waals surface area contributed by atoms with Crippen LogP contribution in [0.2, 0.25) is 5.02 Å². The number of amides is 1. The molecule has 1 atom stereocenters. The topological polar surface area (TPSA) is 66.9 Å². The molecule has 2 aromatic heterocycles. The van der Waals surface area contributed by atoms with Crippen LogP contribution >= 0.6 is 22.9 Å². The minimum absolute atomic E-state index is 0.0175. The van der Waals surface area contributed by atoms with Crippen LogP contribution in [-0.2, 0) is 0 Å². The first kappa shape index (κ1) is 19.5. The summed E-state index contributed by atoms with van der Waals surface area (Å²) < 4.78 is 0. The molecule has 0 fully saturated rings. The van der Waals surface area contributed by atoms with Gasteiger partial charge in [-0.15, -0.1) is 11.3 Å². The summed E-state index contributed by atoms with van der Waals surface area (Å²) >= 11 is 7.86. The van der Waals surface area contributed by atoms with Gasteiger partial charge in [0.1, 0.15) is 9.88 Å². The van der Waals surface area contributed by atoms with Gasteiger partial charge in [-0.3, -0.25) is 9.78 Å². The van der Waals surface area contributed by atoms with E-state index < -0.39 is 0 Å². The Bertz CT molecular complexity index is 1340. The summed E-state index contributed by atoms with van der Waals surface area (Å²) in [4.78, 5) is 22.3. The molecule has 5 rings (SSSR count). The Kier molecular flexibility index (Phi) is 5.24. The fourth-order valence-electron chi connectivity index (χ4n) is 3.45. The molecule has 0 radical (unpaired) electrons. The highest BCUT2D eigenvalue weighted by molar-refractivity contribution is 7.13. The van der Waals surface area contributed by atoms with Crippen molar-refractivity contribution in [2.24, 2.45) is 0 Å². The SMILES string of the molecule is O=C(Nc1ccc(Cl)c(-c2nccc3ccccc23)c1)c1cnc(C2C=CC=CN2)s1. The lowest BCUT2D eigenvalue weighted by Gasteiger charge is -2.12. The minimum Gasteiger partial charge on any atom is -0.379 e. The lowest BCUT2D eigenvalue weighted by Crippen LogP contribution is -2.14. The van der Waals surface area contributed by atoms with E-state index in [0.29, 0.717) is 15.6 Å². The van der Waals surface area contributed by atoms with Gasteiger partial charge in [0.05, 0.1) is 23.0 Å². The molecule has 152 valence electrons. The highest BCUT2D eigenvalue weighted by Crippen LogP contribution is 2.34. The monoisotopic (exact) mass is 444 g/mol. The van der Waals surface area contributed by atoms with Crippen molar-refractivity contribution in [2.45, 2.75) is 6.04 Å². The number of anilines is 1. The van der Waals surface area contributed by atoms with Gasteiger partial charge >= 0.3 is 0 Å². The lowest BCUT2D eigenvalue weighted by atomic mass is 10.0. The fourth-order valence-corrected chi connectivity index (χ4v) is 4.51. The zero-order chi connectivity index (χ0) is 21.2. The maximum absolute atomic E-state index is 12.8.